The molecule has 0 saturated carbocycles. The van der Waals surface area contributed by atoms with Crippen molar-refractivity contribution in [3.63, 3.8) is 0 Å². The third kappa shape index (κ3) is 2.32. The highest BCUT2D eigenvalue weighted by atomic mass is 35.5. The summed E-state index contributed by atoms with van der Waals surface area (Å²) in [7, 11) is 0. The van der Waals surface area contributed by atoms with Gasteiger partial charge in [-0.15, -0.1) is 23.7 Å². The summed E-state index contributed by atoms with van der Waals surface area (Å²) in [5.41, 5.74) is 6.49. The van der Waals surface area contributed by atoms with Crippen LogP contribution in [0.1, 0.15) is 33.0 Å². The van der Waals surface area contributed by atoms with Gasteiger partial charge < -0.3 is 10.6 Å². The van der Waals surface area contributed by atoms with Gasteiger partial charge in [0.05, 0.1) is 4.88 Å². The van der Waals surface area contributed by atoms with E-state index in [0.717, 1.165) is 10.4 Å². The van der Waals surface area contributed by atoms with Crippen LogP contribution in [0.25, 0.3) is 0 Å². The molecule has 1 aromatic rings. The molecule has 6 nitrogen and oxygen atoms in total. The minimum absolute atomic E-state index is 0. The van der Waals surface area contributed by atoms with E-state index in [1.54, 1.807) is 4.90 Å². The number of carbonyl (C=O) groups is 3. The number of thiophene rings is 1. The molecule has 2 aliphatic rings. The van der Waals surface area contributed by atoms with Gasteiger partial charge in [0.1, 0.15) is 6.04 Å². The van der Waals surface area contributed by atoms with E-state index in [1.165, 1.54) is 11.3 Å². The van der Waals surface area contributed by atoms with Crippen molar-refractivity contribution in [1.82, 2.24) is 10.2 Å². The largest absolute Gasteiger partial charge is 0.326 e. The number of hydrogen-bond acceptors (Lipinski definition) is 5. The van der Waals surface area contributed by atoms with Gasteiger partial charge in [-0.1, -0.05) is 0 Å². The maximum atomic E-state index is 12.3. The van der Waals surface area contributed by atoms with E-state index < -0.39 is 6.04 Å². The van der Waals surface area contributed by atoms with Gasteiger partial charge in [0.2, 0.25) is 11.8 Å². The van der Waals surface area contributed by atoms with Crippen LogP contribution in [0.5, 0.6) is 0 Å². The molecular formula is C12H14ClN3O3S. The molecule has 3 heterocycles. The van der Waals surface area contributed by atoms with E-state index in [2.05, 4.69) is 5.32 Å². The Morgan fingerprint density at radius 3 is 2.75 bits per heavy atom. The van der Waals surface area contributed by atoms with E-state index in [0.29, 0.717) is 24.4 Å². The number of carbonyl (C=O) groups excluding carboxylic acids is 3. The molecule has 20 heavy (non-hydrogen) atoms. The molecule has 1 atom stereocenters. The van der Waals surface area contributed by atoms with E-state index in [1.807, 2.05) is 6.07 Å². The van der Waals surface area contributed by atoms with Gasteiger partial charge in [0.15, 0.2) is 0 Å². The average Bonchev–Trinajstić information content (AvgIpc) is 2.90. The van der Waals surface area contributed by atoms with Crippen LogP contribution in [0, 0.1) is 0 Å². The quantitative estimate of drug-likeness (QED) is 0.772. The molecule has 0 aliphatic carbocycles. The van der Waals surface area contributed by atoms with Crippen LogP contribution >= 0.6 is 23.7 Å². The molecule has 0 radical (unpaired) electrons. The molecule has 8 heteroatoms. The molecule has 0 aromatic carbocycles. The fraction of sp³-hybridized carbons (Fsp3) is 0.417. The van der Waals surface area contributed by atoms with Crippen LogP contribution in [-0.2, 0) is 22.7 Å². The molecule has 1 unspecified atom stereocenters. The van der Waals surface area contributed by atoms with Crippen LogP contribution < -0.4 is 11.1 Å². The van der Waals surface area contributed by atoms with Gasteiger partial charge in [-0.2, -0.15) is 0 Å². The molecule has 3 N–H and O–H groups in total. The second-order valence-electron chi connectivity index (χ2n) is 4.67. The molecule has 0 bridgehead atoms. The summed E-state index contributed by atoms with van der Waals surface area (Å²) < 4.78 is 0. The highest BCUT2D eigenvalue weighted by Gasteiger charge is 2.40. The number of rotatable bonds is 2. The van der Waals surface area contributed by atoms with Gasteiger partial charge in [0, 0.05) is 24.4 Å². The number of hydrogen-bond donors (Lipinski definition) is 2. The first-order chi connectivity index (χ1) is 9.10. The lowest BCUT2D eigenvalue weighted by Crippen LogP contribution is -2.52. The zero-order valence-electron chi connectivity index (χ0n) is 10.5. The Kier molecular flexibility index (Phi) is 4.12. The van der Waals surface area contributed by atoms with E-state index in [-0.39, 0.29) is 36.5 Å². The summed E-state index contributed by atoms with van der Waals surface area (Å²) >= 11 is 1.38. The molecule has 1 fully saturated rings. The van der Waals surface area contributed by atoms with Crippen molar-refractivity contribution in [3.05, 3.63) is 21.4 Å². The molecule has 0 spiro atoms. The number of piperidine rings is 1. The molecule has 2 aliphatic heterocycles. The van der Waals surface area contributed by atoms with Crippen molar-refractivity contribution in [2.75, 3.05) is 0 Å². The van der Waals surface area contributed by atoms with Crippen LogP contribution in [0.4, 0.5) is 0 Å². The van der Waals surface area contributed by atoms with Crippen molar-refractivity contribution in [1.29, 1.82) is 0 Å². The normalized spacial score (nSPS) is 21.6. The summed E-state index contributed by atoms with van der Waals surface area (Å²) in [5.74, 6) is -0.777. The Bertz CT molecular complexity index is 587. The first-order valence-electron chi connectivity index (χ1n) is 6.06. The zero-order chi connectivity index (χ0) is 13.6. The van der Waals surface area contributed by atoms with Crippen molar-refractivity contribution in [3.8, 4) is 0 Å². The predicted octanol–water partition coefficient (Wildman–Crippen LogP) is 0.390. The topological polar surface area (TPSA) is 92.5 Å². The third-order valence-corrected chi connectivity index (χ3v) is 4.63. The van der Waals surface area contributed by atoms with Gasteiger partial charge >= 0.3 is 0 Å². The number of nitrogens with zero attached hydrogens (tertiary/aromatic N) is 1. The SMILES string of the molecule is Cl.NCc1cc2c(s1)C(=O)N(C1CCC(=O)NC1=O)C2. The average molecular weight is 316 g/mol. The van der Waals surface area contributed by atoms with Gasteiger partial charge in [-0.3, -0.25) is 19.7 Å². The number of fused-ring (bicyclic) bond motifs is 1. The van der Waals surface area contributed by atoms with E-state index in [4.69, 9.17) is 5.73 Å². The van der Waals surface area contributed by atoms with Crippen LogP contribution in [0.15, 0.2) is 6.07 Å². The van der Waals surface area contributed by atoms with Gasteiger partial charge in [-0.25, -0.2) is 0 Å². The maximum absolute atomic E-state index is 12.3. The lowest BCUT2D eigenvalue weighted by molar-refractivity contribution is -0.136. The van der Waals surface area contributed by atoms with Crippen molar-refractivity contribution >= 4 is 41.5 Å². The number of amides is 3. The third-order valence-electron chi connectivity index (χ3n) is 3.44. The van der Waals surface area contributed by atoms with Crippen molar-refractivity contribution in [2.45, 2.75) is 32.0 Å². The number of imide groups is 1. The standard InChI is InChI=1S/C12H13N3O3S.ClH/c13-4-7-3-6-5-15(12(18)10(6)19-7)8-1-2-9(16)14-11(8)17;/h3,8H,1-2,4-5,13H2,(H,14,16,17);1H. The van der Waals surface area contributed by atoms with Crippen LogP contribution in [0.2, 0.25) is 0 Å². The molecule has 1 saturated heterocycles. The number of nitrogens with one attached hydrogen (secondary N) is 1. The summed E-state index contributed by atoms with van der Waals surface area (Å²) in [6, 6.07) is 1.38. The fourth-order valence-corrected chi connectivity index (χ4v) is 3.51. The van der Waals surface area contributed by atoms with Crippen molar-refractivity contribution < 1.29 is 14.4 Å². The minimum Gasteiger partial charge on any atom is -0.326 e. The Morgan fingerprint density at radius 2 is 2.15 bits per heavy atom. The highest BCUT2D eigenvalue weighted by molar-refractivity contribution is 7.14. The highest BCUT2D eigenvalue weighted by Crippen LogP contribution is 2.33. The summed E-state index contributed by atoms with van der Waals surface area (Å²) in [6.07, 6.45) is 0.678. The first-order valence-corrected chi connectivity index (χ1v) is 6.88. The monoisotopic (exact) mass is 315 g/mol. The zero-order valence-corrected chi connectivity index (χ0v) is 12.2. The lowest BCUT2D eigenvalue weighted by Gasteiger charge is -2.29. The number of nitrogens with two attached hydrogens (primary N) is 1. The van der Waals surface area contributed by atoms with Crippen molar-refractivity contribution in [2.24, 2.45) is 5.73 Å². The Hall–Kier alpha value is -1.44. The van der Waals surface area contributed by atoms with E-state index >= 15 is 0 Å². The van der Waals surface area contributed by atoms with Gasteiger partial charge in [-0.05, 0) is 18.1 Å². The minimum atomic E-state index is -0.536. The van der Waals surface area contributed by atoms with Gasteiger partial charge in [0.25, 0.3) is 5.91 Å². The predicted molar refractivity (Wildman–Crippen MR) is 75.5 cm³/mol. The number of halogens is 1. The summed E-state index contributed by atoms with van der Waals surface area (Å²) in [6.45, 7) is 0.848. The summed E-state index contributed by atoms with van der Waals surface area (Å²) in [4.78, 5) is 38.4. The molecule has 3 amide bonds. The molecular weight excluding hydrogens is 302 g/mol. The van der Waals surface area contributed by atoms with Crippen LogP contribution in [-0.4, -0.2) is 28.7 Å². The molecule has 1 aromatic heterocycles. The second-order valence-corrected chi connectivity index (χ2v) is 5.81. The Balaban J connectivity index is 0.00000147. The maximum Gasteiger partial charge on any atom is 0.265 e. The first kappa shape index (κ1) is 15.0. The van der Waals surface area contributed by atoms with E-state index in [9.17, 15) is 14.4 Å². The lowest BCUT2D eigenvalue weighted by atomic mass is 10.0. The van der Waals surface area contributed by atoms with Crippen LogP contribution in [0.3, 0.4) is 0 Å². The molecule has 3 rings (SSSR count). The Morgan fingerprint density at radius 1 is 1.40 bits per heavy atom. The smallest absolute Gasteiger partial charge is 0.265 e. The Labute approximate surface area is 125 Å². The molecule has 108 valence electrons. The second kappa shape index (κ2) is 5.51. The fourth-order valence-electron chi connectivity index (χ4n) is 2.50. The summed E-state index contributed by atoms with van der Waals surface area (Å²) in [5, 5.41) is 2.28.